The van der Waals surface area contributed by atoms with Gasteiger partial charge in [-0.1, -0.05) is 30.3 Å². The first-order valence-electron chi connectivity index (χ1n) is 6.71. The molecule has 2 rings (SSSR count). The molecule has 0 atom stereocenters. The summed E-state index contributed by atoms with van der Waals surface area (Å²) in [6.45, 7) is 2.34. The van der Waals surface area contributed by atoms with Crippen molar-refractivity contribution in [2.45, 2.75) is 19.3 Å². The summed E-state index contributed by atoms with van der Waals surface area (Å²) in [4.78, 5) is 25.5. The van der Waals surface area contributed by atoms with Gasteiger partial charge >= 0.3 is 0 Å². The number of ether oxygens (including phenoxy) is 1. The lowest BCUT2D eigenvalue weighted by Crippen LogP contribution is -2.38. The zero-order valence-electron chi connectivity index (χ0n) is 11.0. The number of carbonyl (C=O) groups is 2. The summed E-state index contributed by atoms with van der Waals surface area (Å²) in [5.41, 5.74) is 1.09. The SMILES string of the molecule is O=C(CCc1ccccc1)C(=O)N1CCCOCC1. The molecule has 1 aromatic rings. The summed E-state index contributed by atoms with van der Waals surface area (Å²) in [5, 5.41) is 0. The van der Waals surface area contributed by atoms with Crippen molar-refractivity contribution in [1.82, 2.24) is 4.90 Å². The van der Waals surface area contributed by atoms with Crippen LogP contribution in [0.4, 0.5) is 0 Å². The van der Waals surface area contributed by atoms with Gasteiger partial charge in [-0.25, -0.2) is 0 Å². The van der Waals surface area contributed by atoms with Crippen molar-refractivity contribution >= 4 is 11.7 Å². The minimum absolute atomic E-state index is 0.278. The molecule has 0 radical (unpaired) electrons. The lowest BCUT2D eigenvalue weighted by molar-refractivity contribution is -0.144. The maximum absolute atomic E-state index is 12.0. The molecular weight excluding hydrogens is 242 g/mol. The van der Waals surface area contributed by atoms with Gasteiger partial charge in [0.15, 0.2) is 0 Å². The first kappa shape index (κ1) is 13.7. The van der Waals surface area contributed by atoms with Crippen LogP contribution in [0.5, 0.6) is 0 Å². The normalized spacial score (nSPS) is 15.9. The molecule has 0 spiro atoms. The van der Waals surface area contributed by atoms with Crippen LogP contribution in [-0.2, 0) is 20.7 Å². The second kappa shape index (κ2) is 7.04. The van der Waals surface area contributed by atoms with Crippen LogP contribution in [0.3, 0.4) is 0 Å². The minimum atomic E-state index is -0.360. The van der Waals surface area contributed by atoms with Gasteiger partial charge in [0.1, 0.15) is 0 Å². The highest BCUT2D eigenvalue weighted by atomic mass is 16.5. The fraction of sp³-hybridized carbons (Fsp3) is 0.467. The highest BCUT2D eigenvalue weighted by molar-refractivity contribution is 6.36. The third-order valence-electron chi connectivity index (χ3n) is 3.23. The molecule has 0 aliphatic carbocycles. The van der Waals surface area contributed by atoms with Gasteiger partial charge in [0.25, 0.3) is 5.91 Å². The molecule has 1 amide bonds. The molecule has 0 bridgehead atoms. The van der Waals surface area contributed by atoms with Crippen molar-refractivity contribution in [1.29, 1.82) is 0 Å². The predicted octanol–water partition coefficient (Wildman–Crippen LogP) is 1.44. The number of hydrogen-bond acceptors (Lipinski definition) is 3. The van der Waals surface area contributed by atoms with E-state index in [0.717, 1.165) is 12.0 Å². The highest BCUT2D eigenvalue weighted by Gasteiger charge is 2.22. The van der Waals surface area contributed by atoms with Gasteiger partial charge in [-0.05, 0) is 18.4 Å². The zero-order chi connectivity index (χ0) is 13.5. The van der Waals surface area contributed by atoms with E-state index in [1.165, 1.54) is 0 Å². The molecule has 4 heteroatoms. The predicted molar refractivity (Wildman–Crippen MR) is 71.8 cm³/mol. The summed E-state index contributed by atoms with van der Waals surface area (Å²) in [5.74, 6) is -0.660. The van der Waals surface area contributed by atoms with Gasteiger partial charge < -0.3 is 9.64 Å². The van der Waals surface area contributed by atoms with Gasteiger partial charge in [0, 0.05) is 26.1 Å². The Labute approximate surface area is 113 Å². The number of benzene rings is 1. The summed E-state index contributed by atoms with van der Waals surface area (Å²) >= 11 is 0. The Bertz CT molecular complexity index is 422. The summed E-state index contributed by atoms with van der Waals surface area (Å²) < 4.78 is 5.28. The second-order valence-electron chi connectivity index (χ2n) is 4.67. The molecular formula is C15H19NO3. The third-order valence-corrected chi connectivity index (χ3v) is 3.23. The van der Waals surface area contributed by atoms with Crippen LogP contribution in [-0.4, -0.2) is 42.9 Å². The zero-order valence-corrected chi connectivity index (χ0v) is 11.0. The van der Waals surface area contributed by atoms with E-state index in [1.807, 2.05) is 30.3 Å². The summed E-state index contributed by atoms with van der Waals surface area (Å²) in [6, 6.07) is 9.75. The van der Waals surface area contributed by atoms with Crippen LogP contribution in [0.25, 0.3) is 0 Å². The number of aryl methyl sites for hydroxylation is 1. The standard InChI is InChI=1S/C15H19NO3/c17-14(8-7-13-5-2-1-3-6-13)15(18)16-9-4-11-19-12-10-16/h1-3,5-6H,4,7-12H2. The van der Waals surface area contributed by atoms with Crippen LogP contribution >= 0.6 is 0 Å². The Kier molecular flexibility index (Phi) is 5.10. The maximum atomic E-state index is 12.0. The van der Waals surface area contributed by atoms with Crippen molar-refractivity contribution in [2.24, 2.45) is 0 Å². The topological polar surface area (TPSA) is 46.6 Å². The van der Waals surface area contributed by atoms with E-state index in [0.29, 0.717) is 32.7 Å². The first-order valence-corrected chi connectivity index (χ1v) is 6.71. The highest BCUT2D eigenvalue weighted by Crippen LogP contribution is 2.06. The lowest BCUT2D eigenvalue weighted by atomic mass is 10.1. The molecule has 1 fully saturated rings. The molecule has 102 valence electrons. The molecule has 1 aromatic carbocycles. The fourth-order valence-corrected chi connectivity index (χ4v) is 2.14. The van der Waals surface area contributed by atoms with Crippen LogP contribution in [0.15, 0.2) is 30.3 Å². The summed E-state index contributed by atoms with van der Waals surface area (Å²) in [7, 11) is 0. The molecule has 0 N–H and O–H groups in total. The number of ketones is 1. The minimum Gasteiger partial charge on any atom is -0.380 e. The van der Waals surface area contributed by atoms with Gasteiger partial charge in [-0.2, -0.15) is 0 Å². The van der Waals surface area contributed by atoms with E-state index in [2.05, 4.69) is 0 Å². The molecule has 1 saturated heterocycles. The third kappa shape index (κ3) is 4.17. The van der Waals surface area contributed by atoms with Crippen LogP contribution < -0.4 is 0 Å². The van der Waals surface area contributed by atoms with Gasteiger partial charge in [0.2, 0.25) is 5.78 Å². The number of amides is 1. The molecule has 1 aliphatic heterocycles. The fourth-order valence-electron chi connectivity index (χ4n) is 2.14. The van der Waals surface area contributed by atoms with Gasteiger partial charge in [-0.3, -0.25) is 9.59 Å². The average molecular weight is 261 g/mol. The molecule has 0 aromatic heterocycles. The lowest BCUT2D eigenvalue weighted by Gasteiger charge is -2.18. The Morgan fingerprint density at radius 2 is 1.89 bits per heavy atom. The Morgan fingerprint density at radius 1 is 1.11 bits per heavy atom. The van der Waals surface area contributed by atoms with Crippen molar-refractivity contribution in [3.8, 4) is 0 Å². The van der Waals surface area contributed by atoms with E-state index in [1.54, 1.807) is 4.90 Å². The molecule has 1 aliphatic rings. The van der Waals surface area contributed by atoms with E-state index in [9.17, 15) is 9.59 Å². The van der Waals surface area contributed by atoms with Crippen LogP contribution in [0, 0.1) is 0 Å². The van der Waals surface area contributed by atoms with Crippen molar-refractivity contribution in [3.63, 3.8) is 0 Å². The number of rotatable bonds is 4. The molecule has 0 saturated carbocycles. The quantitative estimate of drug-likeness (QED) is 0.770. The second-order valence-corrected chi connectivity index (χ2v) is 4.67. The van der Waals surface area contributed by atoms with Gasteiger partial charge in [-0.15, -0.1) is 0 Å². The van der Waals surface area contributed by atoms with Gasteiger partial charge in [0.05, 0.1) is 6.61 Å². The smallest absolute Gasteiger partial charge is 0.290 e. The number of nitrogens with zero attached hydrogens (tertiary/aromatic N) is 1. The number of carbonyl (C=O) groups excluding carboxylic acids is 2. The molecule has 1 heterocycles. The molecule has 4 nitrogen and oxygen atoms in total. The Balaban J connectivity index is 1.83. The number of hydrogen-bond donors (Lipinski definition) is 0. The Morgan fingerprint density at radius 3 is 2.68 bits per heavy atom. The largest absolute Gasteiger partial charge is 0.380 e. The Hall–Kier alpha value is -1.68. The van der Waals surface area contributed by atoms with E-state index in [-0.39, 0.29) is 18.1 Å². The van der Waals surface area contributed by atoms with Crippen molar-refractivity contribution in [3.05, 3.63) is 35.9 Å². The summed E-state index contributed by atoms with van der Waals surface area (Å²) in [6.07, 6.45) is 1.70. The number of Topliss-reactive ketones (excluding diaryl/α,β-unsaturated/α-hetero) is 1. The molecule has 19 heavy (non-hydrogen) atoms. The maximum Gasteiger partial charge on any atom is 0.290 e. The average Bonchev–Trinajstić information content (AvgIpc) is 2.74. The van der Waals surface area contributed by atoms with Crippen molar-refractivity contribution < 1.29 is 14.3 Å². The van der Waals surface area contributed by atoms with E-state index in [4.69, 9.17) is 4.74 Å². The monoisotopic (exact) mass is 261 g/mol. The molecule has 0 unspecified atom stereocenters. The first-order chi connectivity index (χ1) is 9.27. The van der Waals surface area contributed by atoms with Crippen LogP contribution in [0.1, 0.15) is 18.4 Å². The van der Waals surface area contributed by atoms with Crippen LogP contribution in [0.2, 0.25) is 0 Å². The van der Waals surface area contributed by atoms with Crippen molar-refractivity contribution in [2.75, 3.05) is 26.3 Å². The van der Waals surface area contributed by atoms with E-state index >= 15 is 0 Å². The van der Waals surface area contributed by atoms with E-state index < -0.39 is 0 Å².